The summed E-state index contributed by atoms with van der Waals surface area (Å²) in [5, 5.41) is 7.50. The van der Waals surface area contributed by atoms with Crippen LogP contribution >= 0.6 is 0 Å². The minimum atomic E-state index is -0.360. The Labute approximate surface area is 255 Å². The van der Waals surface area contributed by atoms with E-state index in [4.69, 9.17) is 13.7 Å². The van der Waals surface area contributed by atoms with Crippen LogP contribution in [0.1, 0.15) is 50.7 Å². The second-order valence-corrected chi connectivity index (χ2v) is 10.5. The zero-order valence-corrected chi connectivity index (χ0v) is 24.6. The number of oxazole rings is 1. The van der Waals surface area contributed by atoms with Crippen molar-refractivity contribution in [1.82, 2.24) is 15.1 Å². The molecular weight excluding hydrogens is 552 g/mol. The van der Waals surface area contributed by atoms with Crippen molar-refractivity contribution >= 4 is 11.5 Å². The zero-order chi connectivity index (χ0) is 30.3. The Hall–Kier alpha value is -5.50. The summed E-state index contributed by atoms with van der Waals surface area (Å²) in [4.78, 5) is 22.5. The third-order valence-corrected chi connectivity index (χ3v) is 7.26. The van der Waals surface area contributed by atoms with Crippen LogP contribution in [0.5, 0.6) is 5.75 Å². The number of hydrogen-bond acceptors (Lipinski definition) is 8. The summed E-state index contributed by atoms with van der Waals surface area (Å²) in [6.07, 6.45) is 1.18. The lowest BCUT2D eigenvalue weighted by molar-refractivity contribution is 0.103. The maximum atomic E-state index is 13.3. The van der Waals surface area contributed by atoms with Crippen LogP contribution in [0.3, 0.4) is 0 Å². The van der Waals surface area contributed by atoms with Gasteiger partial charge in [0.05, 0.1) is 12.3 Å². The van der Waals surface area contributed by atoms with Crippen LogP contribution in [0.2, 0.25) is 0 Å². The SMILES string of the molecule is Cc1noc([C@H](Cc2ccc(OCCc3nc(-c4ccccc4)oc3C)cc2)Nc2ccccc2C(=O)c2ccccc2)n1. The van der Waals surface area contributed by atoms with Crippen molar-refractivity contribution in [2.75, 3.05) is 11.9 Å². The first-order chi connectivity index (χ1) is 21.5. The predicted octanol–water partition coefficient (Wildman–Crippen LogP) is 7.59. The first kappa shape index (κ1) is 28.6. The van der Waals surface area contributed by atoms with Gasteiger partial charge in [-0.2, -0.15) is 4.98 Å². The molecule has 0 amide bonds. The molecule has 6 rings (SSSR count). The molecule has 0 aliphatic rings. The second-order valence-electron chi connectivity index (χ2n) is 10.5. The molecule has 8 nitrogen and oxygen atoms in total. The Morgan fingerprint density at radius 1 is 0.841 bits per heavy atom. The van der Waals surface area contributed by atoms with Gasteiger partial charge in [0.2, 0.25) is 11.8 Å². The van der Waals surface area contributed by atoms with E-state index in [1.165, 1.54) is 0 Å². The van der Waals surface area contributed by atoms with E-state index in [1.54, 1.807) is 6.92 Å². The number of nitrogens with one attached hydrogen (secondary N) is 1. The summed E-state index contributed by atoms with van der Waals surface area (Å²) in [6, 6.07) is 34.2. The fourth-order valence-corrected chi connectivity index (χ4v) is 4.98. The molecule has 0 bridgehead atoms. The third kappa shape index (κ3) is 6.76. The summed E-state index contributed by atoms with van der Waals surface area (Å²) >= 11 is 0. The normalized spacial score (nSPS) is 11.7. The molecule has 1 atom stereocenters. The highest BCUT2D eigenvalue weighted by atomic mass is 16.5. The van der Waals surface area contributed by atoms with E-state index in [1.807, 2.05) is 116 Å². The van der Waals surface area contributed by atoms with Crippen molar-refractivity contribution in [1.29, 1.82) is 0 Å². The molecule has 6 aromatic rings. The Kier molecular flexibility index (Phi) is 8.59. The summed E-state index contributed by atoms with van der Waals surface area (Å²) in [7, 11) is 0. The predicted molar refractivity (Wildman–Crippen MR) is 168 cm³/mol. The lowest BCUT2D eigenvalue weighted by atomic mass is 10.00. The Morgan fingerprint density at radius 2 is 1.55 bits per heavy atom. The zero-order valence-electron chi connectivity index (χ0n) is 24.6. The van der Waals surface area contributed by atoms with Crippen molar-refractivity contribution in [2.24, 2.45) is 0 Å². The highest BCUT2D eigenvalue weighted by molar-refractivity contribution is 6.12. The molecule has 0 aliphatic carbocycles. The van der Waals surface area contributed by atoms with E-state index in [-0.39, 0.29) is 11.8 Å². The quantitative estimate of drug-likeness (QED) is 0.147. The first-order valence-corrected chi connectivity index (χ1v) is 14.5. The van der Waals surface area contributed by atoms with Gasteiger partial charge < -0.3 is 19.0 Å². The number of rotatable bonds is 12. The van der Waals surface area contributed by atoms with Gasteiger partial charge in [0.25, 0.3) is 0 Å². The average molecular weight is 585 g/mol. The monoisotopic (exact) mass is 584 g/mol. The van der Waals surface area contributed by atoms with Crippen molar-refractivity contribution in [3.05, 3.63) is 149 Å². The van der Waals surface area contributed by atoms with Crippen molar-refractivity contribution in [3.63, 3.8) is 0 Å². The van der Waals surface area contributed by atoms with E-state index in [2.05, 4.69) is 20.4 Å². The molecule has 0 aliphatic heterocycles. The highest BCUT2D eigenvalue weighted by Crippen LogP contribution is 2.28. The maximum absolute atomic E-state index is 13.3. The van der Waals surface area contributed by atoms with Crippen molar-refractivity contribution < 1.29 is 18.5 Å². The van der Waals surface area contributed by atoms with E-state index in [0.29, 0.717) is 53.9 Å². The van der Waals surface area contributed by atoms with Crippen LogP contribution in [0, 0.1) is 13.8 Å². The molecule has 220 valence electrons. The Bertz CT molecular complexity index is 1830. The number of para-hydroxylation sites is 1. The van der Waals surface area contributed by atoms with Crippen molar-refractivity contribution in [3.8, 4) is 17.2 Å². The van der Waals surface area contributed by atoms with Crippen LogP contribution < -0.4 is 10.1 Å². The molecule has 0 radical (unpaired) electrons. The Balaban J connectivity index is 1.12. The molecule has 4 aromatic carbocycles. The van der Waals surface area contributed by atoms with Crippen LogP contribution in [-0.2, 0) is 12.8 Å². The van der Waals surface area contributed by atoms with E-state index in [0.717, 1.165) is 28.3 Å². The van der Waals surface area contributed by atoms with Gasteiger partial charge in [-0.25, -0.2) is 4.98 Å². The lowest BCUT2D eigenvalue weighted by Gasteiger charge is -2.19. The average Bonchev–Trinajstić information content (AvgIpc) is 3.67. The minimum absolute atomic E-state index is 0.0623. The summed E-state index contributed by atoms with van der Waals surface area (Å²) in [5.74, 6) is 3.10. The smallest absolute Gasteiger partial charge is 0.249 e. The largest absolute Gasteiger partial charge is 0.493 e. The van der Waals surface area contributed by atoms with Crippen LogP contribution in [-0.4, -0.2) is 27.5 Å². The number of carbonyl (C=O) groups excluding carboxylic acids is 1. The highest BCUT2D eigenvalue weighted by Gasteiger charge is 2.22. The number of ether oxygens (including phenoxy) is 1. The number of nitrogens with zero attached hydrogens (tertiary/aromatic N) is 3. The van der Waals surface area contributed by atoms with Gasteiger partial charge in [-0.1, -0.05) is 78.0 Å². The molecule has 0 spiro atoms. The lowest BCUT2D eigenvalue weighted by Crippen LogP contribution is -2.17. The maximum Gasteiger partial charge on any atom is 0.249 e. The van der Waals surface area contributed by atoms with Gasteiger partial charge in [-0.15, -0.1) is 0 Å². The van der Waals surface area contributed by atoms with E-state index < -0.39 is 0 Å². The third-order valence-electron chi connectivity index (χ3n) is 7.26. The summed E-state index contributed by atoms with van der Waals surface area (Å²) < 4.78 is 17.5. The van der Waals surface area contributed by atoms with Crippen LogP contribution in [0.25, 0.3) is 11.5 Å². The molecule has 2 aromatic heterocycles. The molecule has 0 fully saturated rings. The first-order valence-electron chi connectivity index (χ1n) is 14.5. The minimum Gasteiger partial charge on any atom is -0.493 e. The Morgan fingerprint density at radius 3 is 2.27 bits per heavy atom. The molecule has 0 saturated heterocycles. The summed E-state index contributed by atoms with van der Waals surface area (Å²) in [6.45, 7) is 4.18. The number of hydrogen-bond donors (Lipinski definition) is 1. The van der Waals surface area contributed by atoms with Gasteiger partial charge >= 0.3 is 0 Å². The van der Waals surface area contributed by atoms with Gasteiger partial charge in [-0.05, 0) is 55.8 Å². The van der Waals surface area contributed by atoms with Gasteiger partial charge in [-0.3, -0.25) is 4.79 Å². The summed E-state index contributed by atoms with van der Waals surface area (Å²) in [5.41, 5.74) is 4.77. The molecule has 0 saturated carbocycles. The van der Waals surface area contributed by atoms with Crippen molar-refractivity contribution in [2.45, 2.75) is 32.7 Å². The molecule has 44 heavy (non-hydrogen) atoms. The van der Waals surface area contributed by atoms with E-state index >= 15 is 0 Å². The number of benzene rings is 4. The molecule has 1 N–H and O–H groups in total. The molecular formula is C36H32N4O4. The van der Waals surface area contributed by atoms with Crippen LogP contribution in [0.15, 0.2) is 118 Å². The van der Waals surface area contributed by atoms with Gasteiger partial charge in [0.1, 0.15) is 17.6 Å². The number of aromatic nitrogens is 3. The molecule has 2 heterocycles. The standard InChI is InChI=1S/C36H32N4O4/c1-24-31(39-35(43-24)28-13-7-4-8-14-28)21-22-42-29-19-17-26(18-20-29)23-33(36-37-25(2)40-44-36)38-32-16-10-9-15-30(32)34(41)27-11-5-3-6-12-27/h3-20,33,38H,21-23H2,1-2H3/t33-/m0/s1. The topological polar surface area (TPSA) is 103 Å². The number of anilines is 1. The molecule has 0 unspecified atom stereocenters. The van der Waals surface area contributed by atoms with Gasteiger partial charge in [0, 0.05) is 35.2 Å². The van der Waals surface area contributed by atoms with E-state index in [9.17, 15) is 4.79 Å². The van der Waals surface area contributed by atoms with Crippen LogP contribution in [0.4, 0.5) is 5.69 Å². The van der Waals surface area contributed by atoms with Gasteiger partial charge in [0.15, 0.2) is 11.6 Å². The number of aryl methyl sites for hydroxylation is 2. The fourth-order valence-electron chi connectivity index (χ4n) is 4.98. The number of ketones is 1. The number of carbonyl (C=O) groups is 1. The second kappa shape index (κ2) is 13.2. The fraction of sp³-hybridized carbons (Fsp3) is 0.167. The molecule has 8 heteroatoms.